The van der Waals surface area contributed by atoms with E-state index in [2.05, 4.69) is 16.2 Å². The molecule has 10 nitrogen and oxygen atoms in total. The van der Waals surface area contributed by atoms with Crippen LogP contribution in [-0.2, 0) is 30.8 Å². The molecule has 0 saturated carbocycles. The number of rotatable bonds is 10. The first-order valence-electron chi connectivity index (χ1n) is 11.0. The van der Waals surface area contributed by atoms with Crippen LogP contribution in [0.1, 0.15) is 19.4 Å². The smallest absolute Gasteiger partial charge is 0.272 e. The van der Waals surface area contributed by atoms with Gasteiger partial charge in [-0.2, -0.15) is 4.31 Å². The molecule has 2 amide bonds. The van der Waals surface area contributed by atoms with Gasteiger partial charge in [-0.3, -0.25) is 15.0 Å². The maximum atomic E-state index is 12.8. The van der Waals surface area contributed by atoms with Crippen molar-refractivity contribution >= 4 is 27.5 Å². The number of para-hydroxylation sites is 1. The average molecular weight is 491 g/mol. The lowest BCUT2D eigenvalue weighted by atomic mass is 10.1. The Hall–Kier alpha value is -2.99. The predicted molar refractivity (Wildman–Crippen MR) is 127 cm³/mol. The van der Waals surface area contributed by atoms with Gasteiger partial charge in [0.25, 0.3) is 5.91 Å². The Balaban J connectivity index is 1.50. The quantitative estimate of drug-likeness (QED) is 0.429. The topological polar surface area (TPSA) is 126 Å². The standard InChI is InChI=1S/C23H30N4O6S/c1-3-18-7-4-5-10-21(18)33-16-22(28)26-25-17(2)23(29)24-19-8-6-9-20(15-19)34(30,31)27-11-13-32-14-12-27/h4-10,15,17,25H,3,11-14,16H2,1-2H3,(H,24,29)(H,26,28)/t17-/m0/s1. The molecule has 3 N–H and O–H groups in total. The second-order valence-corrected chi connectivity index (χ2v) is 9.64. The summed E-state index contributed by atoms with van der Waals surface area (Å²) in [6.07, 6.45) is 0.780. The van der Waals surface area contributed by atoms with Gasteiger partial charge in [-0.1, -0.05) is 31.2 Å². The van der Waals surface area contributed by atoms with Crippen LogP contribution in [0.4, 0.5) is 5.69 Å². The van der Waals surface area contributed by atoms with Crippen molar-refractivity contribution in [3.8, 4) is 5.75 Å². The Bertz CT molecular complexity index is 1100. The molecule has 34 heavy (non-hydrogen) atoms. The summed E-state index contributed by atoms with van der Waals surface area (Å²) in [5.41, 5.74) is 6.40. The Labute approximate surface area is 199 Å². The fourth-order valence-electron chi connectivity index (χ4n) is 3.29. The number of amides is 2. The molecule has 1 fully saturated rings. The second kappa shape index (κ2) is 11.9. The number of sulfonamides is 1. The Kier molecular flexibility index (Phi) is 8.99. The molecule has 11 heteroatoms. The van der Waals surface area contributed by atoms with Gasteiger partial charge in [0.2, 0.25) is 15.9 Å². The highest BCUT2D eigenvalue weighted by atomic mass is 32.2. The third kappa shape index (κ3) is 6.76. The number of morpholine rings is 1. The van der Waals surface area contributed by atoms with Gasteiger partial charge in [-0.05, 0) is 43.2 Å². The van der Waals surface area contributed by atoms with E-state index in [4.69, 9.17) is 9.47 Å². The Morgan fingerprint density at radius 3 is 2.59 bits per heavy atom. The molecule has 1 atom stereocenters. The van der Waals surface area contributed by atoms with Crippen molar-refractivity contribution in [3.63, 3.8) is 0 Å². The van der Waals surface area contributed by atoms with Gasteiger partial charge in [-0.15, -0.1) is 0 Å². The first kappa shape index (κ1) is 25.6. The van der Waals surface area contributed by atoms with Crippen LogP contribution in [0.2, 0.25) is 0 Å². The third-order valence-electron chi connectivity index (χ3n) is 5.24. The van der Waals surface area contributed by atoms with E-state index in [1.807, 2.05) is 25.1 Å². The molecule has 1 heterocycles. The number of aryl methyl sites for hydroxylation is 1. The van der Waals surface area contributed by atoms with E-state index < -0.39 is 27.9 Å². The summed E-state index contributed by atoms with van der Waals surface area (Å²) < 4.78 is 37.8. The van der Waals surface area contributed by atoms with Gasteiger partial charge in [0, 0.05) is 18.8 Å². The number of carbonyl (C=O) groups excluding carboxylic acids is 2. The number of nitrogens with zero attached hydrogens (tertiary/aromatic N) is 1. The van der Waals surface area contributed by atoms with Crippen LogP contribution in [0.5, 0.6) is 5.75 Å². The zero-order chi connectivity index (χ0) is 24.6. The molecular formula is C23H30N4O6S. The number of benzene rings is 2. The summed E-state index contributed by atoms with van der Waals surface area (Å²) in [6, 6.07) is 12.7. The van der Waals surface area contributed by atoms with Gasteiger partial charge in [0.15, 0.2) is 6.61 Å². The van der Waals surface area contributed by atoms with E-state index in [1.54, 1.807) is 25.1 Å². The summed E-state index contributed by atoms with van der Waals surface area (Å²) in [5.74, 6) is -0.250. The molecule has 184 valence electrons. The minimum Gasteiger partial charge on any atom is -0.483 e. The average Bonchev–Trinajstić information content (AvgIpc) is 2.86. The molecule has 0 aromatic heterocycles. The van der Waals surface area contributed by atoms with E-state index in [0.717, 1.165) is 12.0 Å². The minimum absolute atomic E-state index is 0.0885. The number of anilines is 1. The largest absolute Gasteiger partial charge is 0.483 e. The molecule has 0 radical (unpaired) electrons. The fourth-order valence-corrected chi connectivity index (χ4v) is 4.75. The lowest BCUT2D eigenvalue weighted by molar-refractivity contribution is -0.125. The van der Waals surface area contributed by atoms with Gasteiger partial charge in [0.1, 0.15) is 11.8 Å². The monoisotopic (exact) mass is 490 g/mol. The lowest BCUT2D eigenvalue weighted by Crippen LogP contribution is -2.49. The molecule has 0 unspecified atom stereocenters. The van der Waals surface area contributed by atoms with Crippen molar-refractivity contribution < 1.29 is 27.5 Å². The molecule has 1 aliphatic heterocycles. The maximum absolute atomic E-state index is 12.8. The van der Waals surface area contributed by atoms with E-state index in [9.17, 15) is 18.0 Å². The summed E-state index contributed by atoms with van der Waals surface area (Å²) in [6.45, 7) is 4.62. The number of nitrogens with one attached hydrogen (secondary N) is 3. The van der Waals surface area contributed by atoms with E-state index >= 15 is 0 Å². The normalized spacial score (nSPS) is 15.4. The summed E-state index contributed by atoms with van der Waals surface area (Å²) >= 11 is 0. The molecule has 1 aliphatic rings. The molecule has 0 aliphatic carbocycles. The Morgan fingerprint density at radius 1 is 1.12 bits per heavy atom. The third-order valence-corrected chi connectivity index (χ3v) is 7.14. The van der Waals surface area contributed by atoms with Crippen LogP contribution in [0.25, 0.3) is 0 Å². The van der Waals surface area contributed by atoms with Crippen molar-refractivity contribution in [2.75, 3.05) is 38.2 Å². The second-order valence-electron chi connectivity index (χ2n) is 7.70. The first-order chi connectivity index (χ1) is 16.3. The minimum atomic E-state index is -3.68. The van der Waals surface area contributed by atoms with Crippen LogP contribution < -0.4 is 20.9 Å². The fraction of sp³-hybridized carbons (Fsp3) is 0.391. The van der Waals surface area contributed by atoms with Crippen LogP contribution in [-0.4, -0.2) is 63.5 Å². The highest BCUT2D eigenvalue weighted by molar-refractivity contribution is 7.89. The molecule has 2 aromatic rings. The van der Waals surface area contributed by atoms with Gasteiger partial charge >= 0.3 is 0 Å². The highest BCUT2D eigenvalue weighted by Crippen LogP contribution is 2.21. The van der Waals surface area contributed by atoms with Crippen LogP contribution in [0.3, 0.4) is 0 Å². The van der Waals surface area contributed by atoms with Crippen molar-refractivity contribution in [2.24, 2.45) is 0 Å². The predicted octanol–water partition coefficient (Wildman–Crippen LogP) is 1.30. The number of hydrazine groups is 1. The molecule has 1 saturated heterocycles. The lowest BCUT2D eigenvalue weighted by Gasteiger charge is -2.26. The number of hydrogen-bond donors (Lipinski definition) is 3. The van der Waals surface area contributed by atoms with Gasteiger partial charge in [0.05, 0.1) is 18.1 Å². The zero-order valence-electron chi connectivity index (χ0n) is 19.2. The Morgan fingerprint density at radius 2 is 1.85 bits per heavy atom. The molecular weight excluding hydrogens is 460 g/mol. The van der Waals surface area contributed by atoms with E-state index in [1.165, 1.54) is 16.4 Å². The van der Waals surface area contributed by atoms with E-state index in [0.29, 0.717) is 24.7 Å². The maximum Gasteiger partial charge on any atom is 0.272 e. The van der Waals surface area contributed by atoms with Crippen molar-refractivity contribution in [1.82, 2.24) is 15.2 Å². The van der Waals surface area contributed by atoms with Gasteiger partial charge < -0.3 is 14.8 Å². The first-order valence-corrected chi connectivity index (χ1v) is 12.5. The molecule has 0 bridgehead atoms. The molecule has 2 aromatic carbocycles. The van der Waals surface area contributed by atoms with Gasteiger partial charge in [-0.25, -0.2) is 13.8 Å². The van der Waals surface area contributed by atoms with Crippen LogP contribution in [0, 0.1) is 0 Å². The number of ether oxygens (including phenoxy) is 2. The molecule has 0 spiro atoms. The molecule has 3 rings (SSSR count). The van der Waals surface area contributed by atoms with Crippen molar-refractivity contribution in [2.45, 2.75) is 31.2 Å². The summed E-state index contributed by atoms with van der Waals surface area (Å²) in [4.78, 5) is 24.7. The number of hydrogen-bond acceptors (Lipinski definition) is 7. The summed E-state index contributed by atoms with van der Waals surface area (Å²) in [7, 11) is -3.68. The SMILES string of the molecule is CCc1ccccc1OCC(=O)NN[C@@H](C)C(=O)Nc1cccc(S(=O)(=O)N2CCOCC2)c1. The van der Waals surface area contributed by atoms with Crippen LogP contribution in [0.15, 0.2) is 53.4 Å². The van der Waals surface area contributed by atoms with Crippen LogP contribution >= 0.6 is 0 Å². The number of carbonyl (C=O) groups is 2. The summed E-state index contributed by atoms with van der Waals surface area (Å²) in [5, 5.41) is 2.66. The highest BCUT2D eigenvalue weighted by Gasteiger charge is 2.26. The van der Waals surface area contributed by atoms with E-state index in [-0.39, 0.29) is 24.6 Å². The van der Waals surface area contributed by atoms with Crippen molar-refractivity contribution in [3.05, 3.63) is 54.1 Å². The zero-order valence-corrected chi connectivity index (χ0v) is 20.1. The van der Waals surface area contributed by atoms with Crippen molar-refractivity contribution in [1.29, 1.82) is 0 Å².